The van der Waals surface area contributed by atoms with E-state index in [-0.39, 0.29) is 12.5 Å². The Hall–Kier alpha value is -3.38. The molecule has 0 fully saturated rings. The number of aromatic nitrogens is 1. The van der Waals surface area contributed by atoms with E-state index in [0.29, 0.717) is 29.3 Å². The van der Waals surface area contributed by atoms with Gasteiger partial charge in [-0.05, 0) is 47.5 Å². The number of nitrogens with one attached hydrogen (secondary N) is 1. The van der Waals surface area contributed by atoms with E-state index in [1.807, 2.05) is 66.5 Å². The summed E-state index contributed by atoms with van der Waals surface area (Å²) in [5, 5.41) is 12.0. The van der Waals surface area contributed by atoms with Crippen molar-refractivity contribution < 1.29 is 14.6 Å². The number of pyridine rings is 1. The van der Waals surface area contributed by atoms with Crippen molar-refractivity contribution >= 4 is 17.4 Å². The first kappa shape index (κ1) is 17.1. The fraction of sp³-hybridized carbons (Fsp3) is 0.143. The molecular weight excluding hydrogens is 342 g/mol. The van der Waals surface area contributed by atoms with E-state index in [9.17, 15) is 4.79 Å². The monoisotopic (exact) mass is 361 g/mol. The summed E-state index contributed by atoms with van der Waals surface area (Å²) in [6.07, 6.45) is 1.72. The lowest BCUT2D eigenvalue weighted by Crippen LogP contribution is -2.22. The maximum absolute atomic E-state index is 12.7. The minimum absolute atomic E-state index is 0.0549. The van der Waals surface area contributed by atoms with Crippen LogP contribution in [0.4, 0.5) is 11.5 Å². The molecule has 0 aliphatic carbocycles. The second-order valence-electron chi connectivity index (χ2n) is 6.31. The molecule has 1 aliphatic heterocycles. The van der Waals surface area contributed by atoms with Gasteiger partial charge in [-0.1, -0.05) is 18.2 Å². The lowest BCUT2D eigenvalue weighted by atomic mass is 10.0. The van der Waals surface area contributed by atoms with Gasteiger partial charge in [-0.2, -0.15) is 0 Å². The minimum Gasteiger partial charge on any atom is -0.454 e. The van der Waals surface area contributed by atoms with Crippen LogP contribution in [0.1, 0.15) is 10.4 Å². The van der Waals surface area contributed by atoms with E-state index < -0.39 is 0 Å². The van der Waals surface area contributed by atoms with Gasteiger partial charge in [0.25, 0.3) is 5.91 Å². The Labute approximate surface area is 157 Å². The Bertz CT molecular complexity index is 1000. The van der Waals surface area contributed by atoms with E-state index >= 15 is 0 Å². The fourth-order valence-corrected chi connectivity index (χ4v) is 3.01. The van der Waals surface area contributed by atoms with Crippen molar-refractivity contribution in [1.29, 1.82) is 0 Å². The van der Waals surface area contributed by atoms with E-state index in [2.05, 4.69) is 10.3 Å². The van der Waals surface area contributed by atoms with Crippen LogP contribution < -0.4 is 15.0 Å². The number of nitrogens with zero attached hydrogens (tertiary/aromatic N) is 2. The lowest BCUT2D eigenvalue weighted by Gasteiger charge is -2.17. The van der Waals surface area contributed by atoms with E-state index in [0.717, 1.165) is 16.9 Å². The molecule has 4 rings (SSSR count). The van der Waals surface area contributed by atoms with Crippen molar-refractivity contribution in [3.63, 3.8) is 0 Å². The van der Waals surface area contributed by atoms with Gasteiger partial charge in [0, 0.05) is 19.8 Å². The third-order valence-corrected chi connectivity index (χ3v) is 4.48. The first-order valence-corrected chi connectivity index (χ1v) is 8.66. The van der Waals surface area contributed by atoms with E-state index in [1.165, 1.54) is 0 Å². The Morgan fingerprint density at radius 3 is 2.74 bits per heavy atom. The standard InChI is InChI=1S/C21H19N3O3/c1-24(10-11-25)20-13-15(8-9-22-20)14-6-7-18-16(12-14)21(26)23-17-4-2-3-5-19(17)27-18/h2-9,12-13,25H,10-11H2,1H3,(H,23,26). The van der Waals surface area contributed by atoms with Crippen LogP contribution >= 0.6 is 0 Å². The van der Waals surface area contributed by atoms with Crippen LogP contribution in [0.3, 0.4) is 0 Å². The number of amides is 1. The van der Waals surface area contributed by atoms with Crippen LogP contribution in [-0.2, 0) is 0 Å². The summed E-state index contributed by atoms with van der Waals surface area (Å²) in [7, 11) is 1.87. The number of aliphatic hydroxyl groups is 1. The smallest absolute Gasteiger partial charge is 0.259 e. The highest BCUT2D eigenvalue weighted by Gasteiger charge is 2.21. The summed E-state index contributed by atoms with van der Waals surface area (Å²) < 4.78 is 5.93. The zero-order valence-corrected chi connectivity index (χ0v) is 14.8. The number of likely N-dealkylation sites (N-methyl/N-ethyl adjacent to an activating group) is 1. The summed E-state index contributed by atoms with van der Waals surface area (Å²) in [6, 6.07) is 16.7. The summed E-state index contributed by atoms with van der Waals surface area (Å²) in [4.78, 5) is 18.9. The Kier molecular flexibility index (Phi) is 4.48. The van der Waals surface area contributed by atoms with Crippen LogP contribution in [0.15, 0.2) is 60.8 Å². The van der Waals surface area contributed by atoms with Crippen molar-refractivity contribution in [2.45, 2.75) is 0 Å². The van der Waals surface area contributed by atoms with Gasteiger partial charge in [0.2, 0.25) is 0 Å². The number of rotatable bonds is 4. The molecule has 0 unspecified atom stereocenters. The highest BCUT2D eigenvalue weighted by atomic mass is 16.5. The Morgan fingerprint density at radius 1 is 1.07 bits per heavy atom. The molecule has 1 aliphatic rings. The van der Waals surface area contributed by atoms with Crippen LogP contribution in [-0.4, -0.2) is 36.2 Å². The second-order valence-corrected chi connectivity index (χ2v) is 6.31. The van der Waals surface area contributed by atoms with Crippen molar-refractivity contribution in [3.8, 4) is 22.6 Å². The van der Waals surface area contributed by atoms with E-state index in [4.69, 9.17) is 9.84 Å². The Morgan fingerprint density at radius 2 is 1.89 bits per heavy atom. The largest absolute Gasteiger partial charge is 0.454 e. The number of aliphatic hydroxyl groups excluding tert-OH is 1. The maximum Gasteiger partial charge on any atom is 0.259 e. The number of fused-ring (bicyclic) bond motifs is 2. The Balaban J connectivity index is 1.71. The lowest BCUT2D eigenvalue weighted by molar-refractivity contribution is 0.102. The molecule has 1 amide bonds. The molecule has 1 aromatic heterocycles. The van der Waals surface area contributed by atoms with Gasteiger partial charge >= 0.3 is 0 Å². The number of benzene rings is 2. The first-order valence-electron chi connectivity index (χ1n) is 8.66. The van der Waals surface area contributed by atoms with E-state index in [1.54, 1.807) is 6.20 Å². The number of hydrogen-bond acceptors (Lipinski definition) is 5. The second kappa shape index (κ2) is 7.09. The highest BCUT2D eigenvalue weighted by Crippen LogP contribution is 2.37. The molecule has 6 nitrogen and oxygen atoms in total. The fourth-order valence-electron chi connectivity index (χ4n) is 3.01. The van der Waals surface area contributed by atoms with Crippen LogP contribution in [0.5, 0.6) is 11.5 Å². The normalized spacial score (nSPS) is 12.3. The van der Waals surface area contributed by atoms with Gasteiger partial charge in [-0.3, -0.25) is 4.79 Å². The predicted molar refractivity (Wildman–Crippen MR) is 104 cm³/mol. The average molecular weight is 361 g/mol. The molecule has 0 saturated heterocycles. The molecule has 0 spiro atoms. The molecule has 2 heterocycles. The van der Waals surface area contributed by atoms with Gasteiger partial charge in [0.05, 0.1) is 17.9 Å². The molecule has 6 heteroatoms. The topological polar surface area (TPSA) is 74.7 Å². The number of carbonyl (C=O) groups is 1. The number of carbonyl (C=O) groups excluding carboxylic acids is 1. The summed E-state index contributed by atoms with van der Waals surface area (Å²) >= 11 is 0. The van der Waals surface area contributed by atoms with Crippen LogP contribution in [0.25, 0.3) is 11.1 Å². The molecule has 27 heavy (non-hydrogen) atoms. The predicted octanol–water partition coefficient (Wildman–Crippen LogP) is 3.54. The molecular formula is C21H19N3O3. The van der Waals surface area contributed by atoms with Crippen molar-refractivity contribution in [3.05, 3.63) is 66.4 Å². The van der Waals surface area contributed by atoms with Gasteiger partial charge in [0.1, 0.15) is 11.6 Å². The minimum atomic E-state index is -0.205. The zero-order valence-electron chi connectivity index (χ0n) is 14.8. The van der Waals surface area contributed by atoms with Crippen molar-refractivity contribution in [1.82, 2.24) is 4.98 Å². The number of anilines is 2. The molecule has 0 atom stereocenters. The summed E-state index contributed by atoms with van der Waals surface area (Å²) in [5.41, 5.74) is 2.95. The summed E-state index contributed by atoms with van der Waals surface area (Å²) in [5.74, 6) is 1.69. The number of para-hydroxylation sites is 2. The molecule has 136 valence electrons. The van der Waals surface area contributed by atoms with Gasteiger partial charge < -0.3 is 20.1 Å². The van der Waals surface area contributed by atoms with Crippen LogP contribution in [0.2, 0.25) is 0 Å². The first-order chi connectivity index (χ1) is 13.2. The molecule has 3 aromatic rings. The van der Waals surface area contributed by atoms with Crippen molar-refractivity contribution in [2.24, 2.45) is 0 Å². The molecule has 2 N–H and O–H groups in total. The maximum atomic E-state index is 12.7. The van der Waals surface area contributed by atoms with Gasteiger partial charge in [-0.15, -0.1) is 0 Å². The molecule has 0 radical (unpaired) electrons. The third-order valence-electron chi connectivity index (χ3n) is 4.48. The van der Waals surface area contributed by atoms with Gasteiger partial charge in [0.15, 0.2) is 5.75 Å². The quantitative estimate of drug-likeness (QED) is 0.744. The molecule has 0 bridgehead atoms. The SMILES string of the molecule is CN(CCO)c1cc(-c2ccc3c(c2)C(=O)Nc2ccccc2O3)ccn1. The molecule has 0 saturated carbocycles. The number of ether oxygens (including phenoxy) is 1. The van der Waals surface area contributed by atoms with Crippen LogP contribution in [0, 0.1) is 0 Å². The highest BCUT2D eigenvalue weighted by molar-refractivity contribution is 6.08. The van der Waals surface area contributed by atoms with Crippen molar-refractivity contribution in [2.75, 3.05) is 30.4 Å². The molecule has 2 aromatic carbocycles. The third kappa shape index (κ3) is 3.35. The summed E-state index contributed by atoms with van der Waals surface area (Å²) in [6.45, 7) is 0.550. The number of hydrogen-bond donors (Lipinski definition) is 2. The average Bonchev–Trinajstić information content (AvgIpc) is 2.83. The van der Waals surface area contributed by atoms with Gasteiger partial charge in [-0.25, -0.2) is 4.98 Å². The zero-order chi connectivity index (χ0) is 18.8.